The maximum atomic E-state index is 12.4. The molecule has 3 heteroatoms. The van der Waals surface area contributed by atoms with E-state index >= 15 is 0 Å². The Morgan fingerprint density at radius 2 is 1.52 bits per heavy atom. The van der Waals surface area contributed by atoms with Crippen LogP contribution in [-0.4, -0.2) is 12.0 Å². The van der Waals surface area contributed by atoms with Crippen LogP contribution in [0.5, 0.6) is 0 Å². The summed E-state index contributed by atoms with van der Waals surface area (Å²) in [5, 5.41) is 3.33. The summed E-state index contributed by atoms with van der Waals surface area (Å²) in [6.45, 7) is 5.21. The molecule has 2 rings (SSSR count). The fourth-order valence-corrected chi connectivity index (χ4v) is 2.40. The molecule has 2 aromatic carbocycles. The van der Waals surface area contributed by atoms with Crippen LogP contribution in [0, 0.1) is 5.92 Å². The van der Waals surface area contributed by atoms with Crippen LogP contribution >= 0.6 is 0 Å². The maximum Gasteiger partial charge on any atom is 0.323 e. The second-order valence-electron chi connectivity index (χ2n) is 6.14. The Bertz CT molecular complexity index is 581. The number of hydrogen-bond acceptors (Lipinski definition) is 3. The zero-order valence-electron chi connectivity index (χ0n) is 13.9. The number of benzene rings is 2. The van der Waals surface area contributed by atoms with Crippen LogP contribution in [-0.2, 0) is 22.7 Å². The van der Waals surface area contributed by atoms with Crippen LogP contribution in [0.25, 0.3) is 0 Å². The topological polar surface area (TPSA) is 38.3 Å². The van der Waals surface area contributed by atoms with Crippen LogP contribution < -0.4 is 5.32 Å². The predicted molar refractivity (Wildman–Crippen MR) is 92.8 cm³/mol. The van der Waals surface area contributed by atoms with Gasteiger partial charge in [-0.05, 0) is 23.5 Å². The van der Waals surface area contributed by atoms with E-state index in [1.165, 1.54) is 0 Å². The average Bonchev–Trinajstić information content (AvgIpc) is 2.58. The second kappa shape index (κ2) is 9.11. The van der Waals surface area contributed by atoms with E-state index in [4.69, 9.17) is 4.74 Å². The first-order chi connectivity index (χ1) is 11.1. The predicted octanol–water partition coefficient (Wildman–Crippen LogP) is 3.93. The van der Waals surface area contributed by atoms with Gasteiger partial charge in [0.2, 0.25) is 0 Å². The highest BCUT2D eigenvalue weighted by atomic mass is 16.5. The Kier molecular flexibility index (Phi) is 6.82. The van der Waals surface area contributed by atoms with Crippen molar-refractivity contribution in [3.63, 3.8) is 0 Å². The van der Waals surface area contributed by atoms with E-state index in [9.17, 15) is 4.79 Å². The quantitative estimate of drug-likeness (QED) is 0.751. The highest BCUT2D eigenvalue weighted by molar-refractivity contribution is 5.75. The number of carbonyl (C=O) groups excluding carboxylic acids is 1. The molecule has 0 aliphatic heterocycles. The van der Waals surface area contributed by atoms with Gasteiger partial charge in [-0.25, -0.2) is 0 Å². The molecule has 0 spiro atoms. The summed E-state index contributed by atoms with van der Waals surface area (Å²) in [6.07, 6.45) is 0.764. The van der Waals surface area contributed by atoms with Gasteiger partial charge in [0.25, 0.3) is 0 Å². The summed E-state index contributed by atoms with van der Waals surface area (Å²) >= 11 is 0. The average molecular weight is 311 g/mol. The number of rotatable bonds is 8. The standard InChI is InChI=1S/C20H25NO2/c1-16(2)13-19(21-14-17-9-5-3-6-10-17)20(22)23-15-18-11-7-4-8-12-18/h3-12,16,19,21H,13-15H2,1-2H3/t19-/m0/s1. The summed E-state index contributed by atoms with van der Waals surface area (Å²) in [5.41, 5.74) is 2.17. The molecule has 1 N–H and O–H groups in total. The molecule has 0 saturated heterocycles. The molecule has 1 atom stereocenters. The highest BCUT2D eigenvalue weighted by Gasteiger charge is 2.20. The van der Waals surface area contributed by atoms with Gasteiger partial charge in [0.05, 0.1) is 0 Å². The molecule has 23 heavy (non-hydrogen) atoms. The Morgan fingerprint density at radius 3 is 2.09 bits per heavy atom. The molecule has 0 saturated carbocycles. The molecular formula is C20H25NO2. The highest BCUT2D eigenvalue weighted by Crippen LogP contribution is 2.10. The van der Waals surface area contributed by atoms with E-state index in [1.54, 1.807) is 0 Å². The maximum absolute atomic E-state index is 12.4. The van der Waals surface area contributed by atoms with Crippen LogP contribution in [0.4, 0.5) is 0 Å². The molecule has 0 bridgehead atoms. The van der Waals surface area contributed by atoms with Crippen LogP contribution in [0.1, 0.15) is 31.4 Å². The van der Waals surface area contributed by atoms with Crippen molar-refractivity contribution in [2.75, 3.05) is 0 Å². The SMILES string of the molecule is CC(C)C[C@H](NCc1ccccc1)C(=O)OCc1ccccc1. The van der Waals surface area contributed by atoms with Crippen molar-refractivity contribution in [2.45, 2.75) is 39.5 Å². The molecule has 0 aliphatic carbocycles. The van der Waals surface area contributed by atoms with E-state index in [0.717, 1.165) is 17.5 Å². The first-order valence-electron chi connectivity index (χ1n) is 8.13. The molecule has 0 aromatic heterocycles. The van der Waals surface area contributed by atoms with Gasteiger partial charge in [-0.3, -0.25) is 4.79 Å². The third-order valence-electron chi connectivity index (χ3n) is 3.61. The van der Waals surface area contributed by atoms with Gasteiger partial charge < -0.3 is 10.1 Å². The molecule has 0 heterocycles. The number of carbonyl (C=O) groups is 1. The minimum absolute atomic E-state index is 0.182. The lowest BCUT2D eigenvalue weighted by atomic mass is 10.0. The van der Waals surface area contributed by atoms with Crippen molar-refractivity contribution in [1.29, 1.82) is 0 Å². The lowest BCUT2D eigenvalue weighted by molar-refractivity contribution is -0.148. The first kappa shape index (κ1) is 17.2. The Hall–Kier alpha value is -2.13. The summed E-state index contributed by atoms with van der Waals surface area (Å²) in [5.74, 6) is 0.242. The van der Waals surface area contributed by atoms with E-state index in [0.29, 0.717) is 19.1 Å². The Morgan fingerprint density at radius 1 is 0.957 bits per heavy atom. The third kappa shape index (κ3) is 6.25. The summed E-state index contributed by atoms with van der Waals surface area (Å²) < 4.78 is 5.48. The third-order valence-corrected chi connectivity index (χ3v) is 3.61. The molecule has 0 unspecified atom stereocenters. The van der Waals surface area contributed by atoms with Crippen molar-refractivity contribution < 1.29 is 9.53 Å². The lowest BCUT2D eigenvalue weighted by Gasteiger charge is -2.19. The zero-order valence-corrected chi connectivity index (χ0v) is 13.9. The van der Waals surface area contributed by atoms with Gasteiger partial charge >= 0.3 is 5.97 Å². The number of hydrogen-bond donors (Lipinski definition) is 1. The van der Waals surface area contributed by atoms with Gasteiger partial charge in [0, 0.05) is 6.54 Å². The van der Waals surface area contributed by atoms with E-state index < -0.39 is 0 Å². The fourth-order valence-electron chi connectivity index (χ4n) is 2.40. The summed E-state index contributed by atoms with van der Waals surface area (Å²) in [6, 6.07) is 19.6. The van der Waals surface area contributed by atoms with Gasteiger partial charge in [-0.15, -0.1) is 0 Å². The van der Waals surface area contributed by atoms with Crippen LogP contribution in [0.2, 0.25) is 0 Å². The van der Waals surface area contributed by atoms with Gasteiger partial charge in [0.15, 0.2) is 0 Å². The minimum Gasteiger partial charge on any atom is -0.460 e. The second-order valence-corrected chi connectivity index (χ2v) is 6.14. The molecule has 122 valence electrons. The molecule has 2 aromatic rings. The van der Waals surface area contributed by atoms with Crippen LogP contribution in [0.3, 0.4) is 0 Å². The number of nitrogens with one attached hydrogen (secondary N) is 1. The first-order valence-corrected chi connectivity index (χ1v) is 8.13. The normalized spacial score (nSPS) is 12.1. The number of esters is 1. The zero-order chi connectivity index (χ0) is 16.5. The minimum atomic E-state index is -0.279. The summed E-state index contributed by atoms with van der Waals surface area (Å²) in [4.78, 5) is 12.4. The molecule has 0 radical (unpaired) electrons. The van der Waals surface area contributed by atoms with Crippen molar-refractivity contribution in [3.8, 4) is 0 Å². The Balaban J connectivity index is 1.89. The molecule has 3 nitrogen and oxygen atoms in total. The van der Waals surface area contributed by atoms with E-state index in [1.807, 2.05) is 48.5 Å². The monoisotopic (exact) mass is 311 g/mol. The van der Waals surface area contributed by atoms with Crippen molar-refractivity contribution >= 4 is 5.97 Å². The van der Waals surface area contributed by atoms with Crippen molar-refractivity contribution in [3.05, 3.63) is 71.8 Å². The Labute approximate surface area is 138 Å². The molecule has 0 aliphatic rings. The molecule has 0 amide bonds. The van der Waals surface area contributed by atoms with E-state index in [-0.39, 0.29) is 12.0 Å². The van der Waals surface area contributed by atoms with Gasteiger partial charge in [-0.2, -0.15) is 0 Å². The molecule has 0 fully saturated rings. The van der Waals surface area contributed by atoms with Crippen molar-refractivity contribution in [1.82, 2.24) is 5.32 Å². The molecular weight excluding hydrogens is 286 g/mol. The number of ether oxygens (including phenoxy) is 1. The van der Waals surface area contributed by atoms with E-state index in [2.05, 4.69) is 31.3 Å². The smallest absolute Gasteiger partial charge is 0.323 e. The fraction of sp³-hybridized carbons (Fsp3) is 0.350. The summed E-state index contributed by atoms with van der Waals surface area (Å²) in [7, 11) is 0. The largest absolute Gasteiger partial charge is 0.460 e. The van der Waals surface area contributed by atoms with Crippen molar-refractivity contribution in [2.24, 2.45) is 5.92 Å². The van der Waals surface area contributed by atoms with Gasteiger partial charge in [-0.1, -0.05) is 74.5 Å². The lowest BCUT2D eigenvalue weighted by Crippen LogP contribution is -2.38. The van der Waals surface area contributed by atoms with Gasteiger partial charge in [0.1, 0.15) is 12.6 Å². The van der Waals surface area contributed by atoms with Crippen LogP contribution in [0.15, 0.2) is 60.7 Å².